The van der Waals surface area contributed by atoms with Crippen molar-refractivity contribution < 1.29 is 9.53 Å². The van der Waals surface area contributed by atoms with Crippen molar-refractivity contribution in [1.82, 2.24) is 9.55 Å². The Labute approximate surface area is 159 Å². The van der Waals surface area contributed by atoms with Crippen molar-refractivity contribution in [2.24, 2.45) is 0 Å². The molecule has 2 heterocycles. The molecule has 0 amide bonds. The van der Waals surface area contributed by atoms with Crippen molar-refractivity contribution in [3.63, 3.8) is 0 Å². The molecule has 4 rings (SSSR count). The third-order valence-corrected chi connectivity index (χ3v) is 4.95. The number of hydrogen-bond donors (Lipinski definition) is 0. The molecule has 3 aromatic rings. The molecule has 0 atom stereocenters. The number of piperidine rings is 1. The van der Waals surface area contributed by atoms with E-state index in [4.69, 9.17) is 4.74 Å². The zero-order valence-electron chi connectivity index (χ0n) is 15.9. The zero-order chi connectivity index (χ0) is 18.8. The molecule has 1 aliphatic rings. The summed E-state index contributed by atoms with van der Waals surface area (Å²) < 4.78 is 7.35. The van der Waals surface area contributed by atoms with Crippen LogP contribution in [0.25, 0.3) is 16.7 Å². The second kappa shape index (κ2) is 7.43. The Morgan fingerprint density at radius 1 is 1.04 bits per heavy atom. The summed E-state index contributed by atoms with van der Waals surface area (Å²) in [4.78, 5) is 19.1. The summed E-state index contributed by atoms with van der Waals surface area (Å²) in [5.41, 5.74) is 4.64. The summed E-state index contributed by atoms with van der Waals surface area (Å²) in [5.74, 6) is -0.312. The van der Waals surface area contributed by atoms with Crippen molar-refractivity contribution in [3.8, 4) is 5.69 Å². The van der Waals surface area contributed by atoms with Gasteiger partial charge >= 0.3 is 5.97 Å². The molecule has 0 unspecified atom stereocenters. The number of fused-ring (bicyclic) bond motifs is 1. The minimum Gasteiger partial charge on any atom is -0.459 e. The first kappa shape index (κ1) is 17.6. The van der Waals surface area contributed by atoms with Crippen LogP contribution in [0.5, 0.6) is 0 Å². The van der Waals surface area contributed by atoms with Gasteiger partial charge in [-0.2, -0.15) is 0 Å². The van der Waals surface area contributed by atoms with Crippen LogP contribution in [0, 0.1) is 0 Å². The summed E-state index contributed by atoms with van der Waals surface area (Å²) in [6.45, 7) is 5.94. The topological polar surface area (TPSA) is 47.4 Å². The van der Waals surface area contributed by atoms with Gasteiger partial charge in [0.2, 0.25) is 0 Å². The second-order valence-electron chi connectivity index (χ2n) is 7.34. The Morgan fingerprint density at radius 3 is 2.59 bits per heavy atom. The highest BCUT2D eigenvalue weighted by atomic mass is 16.5. The average Bonchev–Trinajstić information content (AvgIpc) is 3.11. The number of esters is 1. The quantitative estimate of drug-likeness (QED) is 0.637. The number of carbonyl (C=O) groups is 1. The highest BCUT2D eigenvalue weighted by Crippen LogP contribution is 2.25. The summed E-state index contributed by atoms with van der Waals surface area (Å²) in [6, 6.07) is 14.1. The van der Waals surface area contributed by atoms with Crippen LogP contribution in [0.1, 0.15) is 43.5 Å². The van der Waals surface area contributed by atoms with E-state index in [0.29, 0.717) is 5.56 Å². The number of benzene rings is 2. The fraction of sp³-hybridized carbons (Fsp3) is 0.364. The number of nitrogens with zero attached hydrogens (tertiary/aromatic N) is 3. The van der Waals surface area contributed by atoms with Gasteiger partial charge in [0.05, 0.1) is 22.7 Å². The standard InChI is InChI=1S/C22H25N3O2/c1-16(2)27-22(26)17-9-10-21-20(13-17)23-15-25(21)19-8-6-7-18(14-19)24-11-4-3-5-12-24/h6-10,13-16H,3-5,11-12H2,1-2H3. The third kappa shape index (κ3) is 3.68. The molecule has 0 aliphatic carbocycles. The highest BCUT2D eigenvalue weighted by molar-refractivity contribution is 5.94. The number of rotatable bonds is 4. The molecule has 140 valence electrons. The highest BCUT2D eigenvalue weighted by Gasteiger charge is 2.14. The number of ether oxygens (including phenoxy) is 1. The van der Waals surface area contributed by atoms with Gasteiger partial charge in [-0.05, 0) is 69.5 Å². The fourth-order valence-electron chi connectivity index (χ4n) is 3.62. The fourth-order valence-corrected chi connectivity index (χ4v) is 3.62. The maximum absolute atomic E-state index is 12.1. The van der Waals surface area contributed by atoms with Crippen LogP contribution in [-0.2, 0) is 4.74 Å². The molecule has 1 saturated heterocycles. The largest absolute Gasteiger partial charge is 0.459 e. The first-order valence-electron chi connectivity index (χ1n) is 9.65. The minimum absolute atomic E-state index is 0.136. The van der Waals surface area contributed by atoms with Crippen molar-refractivity contribution >= 4 is 22.7 Å². The molecule has 1 fully saturated rings. The van der Waals surface area contributed by atoms with Crippen LogP contribution in [-0.4, -0.2) is 34.7 Å². The number of hydrogen-bond acceptors (Lipinski definition) is 4. The molecule has 0 spiro atoms. The summed E-state index contributed by atoms with van der Waals surface area (Å²) in [5, 5.41) is 0. The van der Waals surface area contributed by atoms with Gasteiger partial charge in [0.1, 0.15) is 6.33 Å². The molecular weight excluding hydrogens is 338 g/mol. The SMILES string of the molecule is CC(C)OC(=O)c1ccc2c(c1)ncn2-c1cccc(N2CCCCC2)c1. The number of aromatic nitrogens is 2. The zero-order valence-corrected chi connectivity index (χ0v) is 15.9. The van der Waals surface area contributed by atoms with Crippen molar-refractivity contribution in [2.45, 2.75) is 39.2 Å². The Bertz CT molecular complexity index is 955. The maximum Gasteiger partial charge on any atom is 0.338 e. The normalized spacial score (nSPS) is 14.7. The summed E-state index contributed by atoms with van der Waals surface area (Å²) in [7, 11) is 0. The molecule has 5 heteroatoms. The van der Waals surface area contributed by atoms with Crippen LogP contribution in [0.2, 0.25) is 0 Å². The number of imidazole rings is 1. The van der Waals surface area contributed by atoms with Crippen LogP contribution in [0.15, 0.2) is 48.8 Å². The van der Waals surface area contributed by atoms with E-state index in [1.165, 1.54) is 24.9 Å². The van der Waals surface area contributed by atoms with E-state index in [-0.39, 0.29) is 12.1 Å². The number of carbonyl (C=O) groups excluding carboxylic acids is 1. The molecule has 1 aliphatic heterocycles. The predicted molar refractivity (Wildman–Crippen MR) is 108 cm³/mol. The molecule has 0 N–H and O–H groups in total. The Hall–Kier alpha value is -2.82. The second-order valence-corrected chi connectivity index (χ2v) is 7.34. The lowest BCUT2D eigenvalue weighted by molar-refractivity contribution is 0.0378. The molecule has 27 heavy (non-hydrogen) atoms. The van der Waals surface area contributed by atoms with E-state index in [0.717, 1.165) is 29.8 Å². The molecular formula is C22H25N3O2. The van der Waals surface area contributed by atoms with Crippen LogP contribution >= 0.6 is 0 Å². The van der Waals surface area contributed by atoms with E-state index < -0.39 is 0 Å². The van der Waals surface area contributed by atoms with E-state index >= 15 is 0 Å². The average molecular weight is 363 g/mol. The molecule has 0 bridgehead atoms. The van der Waals surface area contributed by atoms with Crippen molar-refractivity contribution in [1.29, 1.82) is 0 Å². The van der Waals surface area contributed by atoms with E-state index in [2.05, 4.69) is 38.7 Å². The van der Waals surface area contributed by atoms with Gasteiger partial charge in [-0.3, -0.25) is 4.57 Å². The lowest BCUT2D eigenvalue weighted by atomic mass is 10.1. The van der Waals surface area contributed by atoms with Crippen LogP contribution in [0.3, 0.4) is 0 Å². The number of anilines is 1. The van der Waals surface area contributed by atoms with Gasteiger partial charge in [0.25, 0.3) is 0 Å². The maximum atomic E-state index is 12.1. The summed E-state index contributed by atoms with van der Waals surface area (Å²) in [6.07, 6.45) is 5.52. The van der Waals surface area contributed by atoms with E-state index in [1.807, 2.05) is 26.2 Å². The lowest BCUT2D eigenvalue weighted by Crippen LogP contribution is -2.29. The van der Waals surface area contributed by atoms with Gasteiger partial charge < -0.3 is 9.64 Å². The van der Waals surface area contributed by atoms with Gasteiger partial charge in [0.15, 0.2) is 0 Å². The lowest BCUT2D eigenvalue weighted by Gasteiger charge is -2.29. The molecule has 0 saturated carbocycles. The Balaban J connectivity index is 1.65. The van der Waals surface area contributed by atoms with Gasteiger partial charge in [-0.1, -0.05) is 6.07 Å². The Kier molecular flexibility index (Phi) is 4.84. The molecule has 1 aromatic heterocycles. The van der Waals surface area contributed by atoms with E-state index in [9.17, 15) is 4.79 Å². The molecule has 5 nitrogen and oxygen atoms in total. The summed E-state index contributed by atoms with van der Waals surface area (Å²) >= 11 is 0. The van der Waals surface area contributed by atoms with Crippen molar-refractivity contribution in [2.75, 3.05) is 18.0 Å². The molecule has 0 radical (unpaired) electrons. The van der Waals surface area contributed by atoms with Crippen LogP contribution < -0.4 is 4.90 Å². The monoisotopic (exact) mass is 363 g/mol. The predicted octanol–water partition coefficient (Wildman–Crippen LogP) is 4.58. The minimum atomic E-state index is -0.312. The van der Waals surface area contributed by atoms with Gasteiger partial charge in [-0.15, -0.1) is 0 Å². The van der Waals surface area contributed by atoms with Gasteiger partial charge in [0, 0.05) is 24.5 Å². The van der Waals surface area contributed by atoms with E-state index in [1.54, 1.807) is 12.1 Å². The first-order valence-corrected chi connectivity index (χ1v) is 9.65. The third-order valence-electron chi connectivity index (χ3n) is 4.95. The van der Waals surface area contributed by atoms with Crippen molar-refractivity contribution in [3.05, 3.63) is 54.4 Å². The first-order chi connectivity index (χ1) is 13.1. The molecule has 2 aromatic carbocycles. The smallest absolute Gasteiger partial charge is 0.338 e. The Morgan fingerprint density at radius 2 is 1.81 bits per heavy atom. The van der Waals surface area contributed by atoms with Crippen LogP contribution in [0.4, 0.5) is 5.69 Å². The van der Waals surface area contributed by atoms with Gasteiger partial charge in [-0.25, -0.2) is 9.78 Å².